The van der Waals surface area contributed by atoms with Crippen molar-refractivity contribution in [2.24, 2.45) is 0 Å². The van der Waals surface area contributed by atoms with Crippen molar-refractivity contribution < 1.29 is 0 Å². The Morgan fingerprint density at radius 2 is 1.56 bits per heavy atom. The molecule has 0 aromatic heterocycles. The third kappa shape index (κ3) is 2.83. The number of nitrogens with one attached hydrogen (secondary N) is 1. The SMILES string of the molecule is Cc1ccc(Nc2c(Cl)cc(N)cc2Cl)c(Cl)c1. The predicted molar refractivity (Wildman–Crippen MR) is 80.3 cm³/mol. The lowest BCUT2D eigenvalue weighted by molar-refractivity contribution is 1.45. The second-order valence-corrected chi connectivity index (χ2v) is 5.19. The van der Waals surface area contributed by atoms with E-state index in [-0.39, 0.29) is 0 Å². The second kappa shape index (κ2) is 5.27. The van der Waals surface area contributed by atoms with Crippen LogP contribution < -0.4 is 11.1 Å². The van der Waals surface area contributed by atoms with Gasteiger partial charge in [-0.25, -0.2) is 0 Å². The lowest BCUT2D eigenvalue weighted by Gasteiger charge is -2.13. The van der Waals surface area contributed by atoms with Crippen LogP contribution in [0.2, 0.25) is 15.1 Å². The highest BCUT2D eigenvalue weighted by atomic mass is 35.5. The van der Waals surface area contributed by atoms with Gasteiger partial charge in [0.2, 0.25) is 0 Å². The summed E-state index contributed by atoms with van der Waals surface area (Å²) in [4.78, 5) is 0. The number of hydrogen-bond acceptors (Lipinski definition) is 2. The quantitative estimate of drug-likeness (QED) is 0.740. The molecule has 2 nitrogen and oxygen atoms in total. The van der Waals surface area contributed by atoms with Gasteiger partial charge in [-0.3, -0.25) is 0 Å². The molecule has 0 aliphatic rings. The van der Waals surface area contributed by atoms with Crippen molar-refractivity contribution in [1.29, 1.82) is 0 Å². The molecule has 0 saturated heterocycles. The molecule has 0 heterocycles. The van der Waals surface area contributed by atoms with E-state index in [0.29, 0.717) is 26.4 Å². The summed E-state index contributed by atoms with van der Waals surface area (Å²) >= 11 is 18.3. The van der Waals surface area contributed by atoms with E-state index >= 15 is 0 Å². The minimum absolute atomic E-state index is 0.455. The minimum atomic E-state index is 0.455. The molecule has 0 radical (unpaired) electrons. The van der Waals surface area contributed by atoms with Gasteiger partial charge in [0.25, 0.3) is 0 Å². The molecular weight excluding hydrogens is 291 g/mol. The maximum absolute atomic E-state index is 6.14. The average molecular weight is 302 g/mol. The fraction of sp³-hybridized carbons (Fsp3) is 0.0769. The van der Waals surface area contributed by atoms with Crippen LogP contribution in [0.5, 0.6) is 0 Å². The topological polar surface area (TPSA) is 38.0 Å². The Labute approximate surface area is 121 Å². The summed E-state index contributed by atoms with van der Waals surface area (Å²) < 4.78 is 0. The first-order valence-electron chi connectivity index (χ1n) is 5.25. The van der Waals surface area contributed by atoms with E-state index in [0.717, 1.165) is 11.3 Å². The number of benzene rings is 2. The number of rotatable bonds is 2. The molecule has 5 heteroatoms. The van der Waals surface area contributed by atoms with Gasteiger partial charge in [-0.05, 0) is 36.8 Å². The number of nitrogens with two attached hydrogens (primary N) is 1. The standard InChI is InChI=1S/C13H11Cl3N2/c1-7-2-3-12(9(14)4-7)18-13-10(15)5-8(17)6-11(13)16/h2-6,18H,17H2,1H3. The van der Waals surface area contributed by atoms with Gasteiger partial charge in [0.15, 0.2) is 0 Å². The highest BCUT2D eigenvalue weighted by Crippen LogP contribution is 2.36. The van der Waals surface area contributed by atoms with Crippen molar-refractivity contribution in [3.8, 4) is 0 Å². The van der Waals surface area contributed by atoms with Crippen LogP contribution in [0, 0.1) is 6.92 Å². The van der Waals surface area contributed by atoms with Gasteiger partial charge in [-0.15, -0.1) is 0 Å². The van der Waals surface area contributed by atoms with Crippen LogP contribution in [0.25, 0.3) is 0 Å². The summed E-state index contributed by atoms with van der Waals surface area (Å²) in [6.07, 6.45) is 0. The van der Waals surface area contributed by atoms with Crippen LogP contribution >= 0.6 is 34.8 Å². The zero-order valence-electron chi connectivity index (χ0n) is 9.60. The molecule has 0 spiro atoms. The first-order chi connectivity index (χ1) is 8.47. The summed E-state index contributed by atoms with van der Waals surface area (Å²) in [5.41, 5.74) is 8.59. The maximum atomic E-state index is 6.14. The maximum Gasteiger partial charge on any atom is 0.0764 e. The van der Waals surface area contributed by atoms with Crippen LogP contribution in [-0.4, -0.2) is 0 Å². The summed E-state index contributed by atoms with van der Waals surface area (Å²) in [6, 6.07) is 8.97. The molecule has 0 saturated carbocycles. The van der Waals surface area contributed by atoms with Gasteiger partial charge in [-0.2, -0.15) is 0 Å². The molecule has 0 aliphatic heterocycles. The second-order valence-electron chi connectivity index (χ2n) is 3.97. The summed E-state index contributed by atoms with van der Waals surface area (Å²) in [6.45, 7) is 1.97. The van der Waals surface area contributed by atoms with E-state index in [2.05, 4.69) is 5.32 Å². The van der Waals surface area contributed by atoms with Gasteiger partial charge >= 0.3 is 0 Å². The molecule has 2 aromatic carbocycles. The van der Waals surface area contributed by atoms with E-state index in [1.54, 1.807) is 12.1 Å². The highest BCUT2D eigenvalue weighted by Gasteiger charge is 2.09. The third-order valence-corrected chi connectivity index (χ3v) is 3.36. The molecule has 18 heavy (non-hydrogen) atoms. The number of anilines is 3. The Morgan fingerprint density at radius 3 is 2.11 bits per heavy atom. The zero-order chi connectivity index (χ0) is 13.3. The molecule has 3 N–H and O–H groups in total. The first-order valence-corrected chi connectivity index (χ1v) is 6.38. The van der Waals surface area contributed by atoms with E-state index in [4.69, 9.17) is 40.5 Å². The normalized spacial score (nSPS) is 10.4. The van der Waals surface area contributed by atoms with Crippen LogP contribution in [0.15, 0.2) is 30.3 Å². The Hall–Kier alpha value is -1.09. The summed E-state index contributed by atoms with van der Waals surface area (Å²) in [7, 11) is 0. The predicted octanol–water partition coefficient (Wildman–Crippen LogP) is 5.28. The Morgan fingerprint density at radius 1 is 0.944 bits per heavy atom. The third-order valence-electron chi connectivity index (χ3n) is 2.45. The lowest BCUT2D eigenvalue weighted by Crippen LogP contribution is -1.95. The van der Waals surface area contributed by atoms with Gasteiger partial charge in [0.1, 0.15) is 0 Å². The monoisotopic (exact) mass is 300 g/mol. The van der Waals surface area contributed by atoms with Crippen LogP contribution in [-0.2, 0) is 0 Å². The van der Waals surface area contributed by atoms with Crippen molar-refractivity contribution in [2.45, 2.75) is 6.92 Å². The average Bonchev–Trinajstić information content (AvgIpc) is 2.25. The number of hydrogen-bond donors (Lipinski definition) is 2. The van der Waals surface area contributed by atoms with Crippen molar-refractivity contribution in [3.05, 3.63) is 51.0 Å². The van der Waals surface area contributed by atoms with E-state index < -0.39 is 0 Å². The van der Waals surface area contributed by atoms with Gasteiger partial charge in [0, 0.05) is 5.69 Å². The molecule has 0 aliphatic carbocycles. The van der Waals surface area contributed by atoms with Gasteiger partial charge in [-0.1, -0.05) is 40.9 Å². The van der Waals surface area contributed by atoms with Crippen LogP contribution in [0.4, 0.5) is 17.1 Å². The molecule has 94 valence electrons. The van der Waals surface area contributed by atoms with Gasteiger partial charge in [0.05, 0.1) is 26.4 Å². The Bertz CT molecular complexity index is 574. The van der Waals surface area contributed by atoms with E-state index in [9.17, 15) is 0 Å². The molecular formula is C13H11Cl3N2. The molecule has 0 fully saturated rings. The molecule has 2 rings (SSSR count). The number of halogens is 3. The molecule has 0 atom stereocenters. The number of nitrogen functional groups attached to an aromatic ring is 1. The first kappa shape index (κ1) is 13.3. The van der Waals surface area contributed by atoms with Gasteiger partial charge < -0.3 is 11.1 Å². The molecule has 2 aromatic rings. The lowest BCUT2D eigenvalue weighted by atomic mass is 10.2. The minimum Gasteiger partial charge on any atom is -0.399 e. The highest BCUT2D eigenvalue weighted by molar-refractivity contribution is 6.40. The Kier molecular flexibility index (Phi) is 3.91. The molecule has 0 bridgehead atoms. The fourth-order valence-corrected chi connectivity index (χ4v) is 2.45. The Balaban J connectivity index is 2.40. The van der Waals surface area contributed by atoms with Crippen molar-refractivity contribution in [3.63, 3.8) is 0 Å². The van der Waals surface area contributed by atoms with Crippen LogP contribution in [0.3, 0.4) is 0 Å². The molecule has 0 amide bonds. The zero-order valence-corrected chi connectivity index (χ0v) is 11.9. The fourth-order valence-electron chi connectivity index (χ4n) is 1.57. The van der Waals surface area contributed by atoms with Crippen molar-refractivity contribution >= 4 is 51.9 Å². The van der Waals surface area contributed by atoms with Crippen molar-refractivity contribution in [1.82, 2.24) is 0 Å². The summed E-state index contributed by atoms with van der Waals surface area (Å²) in [5, 5.41) is 4.63. The van der Waals surface area contributed by atoms with E-state index in [1.165, 1.54) is 0 Å². The van der Waals surface area contributed by atoms with Crippen LogP contribution in [0.1, 0.15) is 5.56 Å². The van der Waals surface area contributed by atoms with Crippen molar-refractivity contribution in [2.75, 3.05) is 11.1 Å². The largest absolute Gasteiger partial charge is 0.399 e. The smallest absolute Gasteiger partial charge is 0.0764 e. The van der Waals surface area contributed by atoms with E-state index in [1.807, 2.05) is 25.1 Å². The summed E-state index contributed by atoms with van der Waals surface area (Å²) in [5.74, 6) is 0. The molecule has 0 unspecified atom stereocenters. The number of aryl methyl sites for hydroxylation is 1.